The van der Waals surface area contributed by atoms with Crippen LogP contribution in [-0.4, -0.2) is 4.57 Å². The molecule has 3 heteroatoms. The number of furan rings is 1. The van der Waals surface area contributed by atoms with Crippen LogP contribution in [0.4, 0.5) is 17.1 Å². The van der Waals surface area contributed by atoms with Gasteiger partial charge in [-0.3, -0.25) is 0 Å². The molecule has 314 valence electrons. The Morgan fingerprint density at radius 2 is 0.791 bits per heavy atom. The van der Waals surface area contributed by atoms with Crippen LogP contribution in [0.25, 0.3) is 105 Å². The van der Waals surface area contributed by atoms with Gasteiger partial charge in [0, 0.05) is 49.7 Å². The Morgan fingerprint density at radius 1 is 0.299 bits per heavy atom. The summed E-state index contributed by atoms with van der Waals surface area (Å²) in [7, 11) is 0. The maximum atomic E-state index is 6.46. The predicted octanol–water partition coefficient (Wildman–Crippen LogP) is 18.0. The van der Waals surface area contributed by atoms with Crippen molar-refractivity contribution in [3.8, 4) is 50.2 Å². The third-order valence-electron chi connectivity index (χ3n) is 13.4. The monoisotopic (exact) mass is 854 g/mol. The summed E-state index contributed by atoms with van der Waals surface area (Å²) >= 11 is 0. The molecule has 0 spiro atoms. The fourth-order valence-corrected chi connectivity index (χ4v) is 10.2. The van der Waals surface area contributed by atoms with Crippen LogP contribution in [0.2, 0.25) is 0 Å². The van der Waals surface area contributed by atoms with Gasteiger partial charge in [0.2, 0.25) is 0 Å². The minimum absolute atomic E-state index is 0.901. The molecule has 0 N–H and O–H groups in total. The second-order valence-corrected chi connectivity index (χ2v) is 17.3. The van der Waals surface area contributed by atoms with Gasteiger partial charge in [-0.05, 0) is 105 Å². The van der Waals surface area contributed by atoms with Gasteiger partial charge in [0.25, 0.3) is 0 Å². The lowest BCUT2D eigenvalue weighted by Crippen LogP contribution is -2.10. The molecule has 11 aromatic carbocycles. The molecule has 13 rings (SSSR count). The molecule has 0 atom stereocenters. The smallest absolute Gasteiger partial charge is 0.143 e. The predicted molar refractivity (Wildman–Crippen MR) is 282 cm³/mol. The summed E-state index contributed by atoms with van der Waals surface area (Å²) in [6.07, 6.45) is 0. The van der Waals surface area contributed by atoms with Gasteiger partial charge in [-0.15, -0.1) is 0 Å². The molecular weight excluding hydrogens is 813 g/mol. The van der Waals surface area contributed by atoms with Gasteiger partial charge in [-0.25, -0.2) is 0 Å². The van der Waals surface area contributed by atoms with Crippen LogP contribution >= 0.6 is 0 Å². The van der Waals surface area contributed by atoms with Crippen molar-refractivity contribution >= 4 is 71.6 Å². The third-order valence-corrected chi connectivity index (χ3v) is 13.4. The van der Waals surface area contributed by atoms with Crippen LogP contribution in [0.15, 0.2) is 259 Å². The average Bonchev–Trinajstić information content (AvgIpc) is 3.95. The minimum Gasteiger partial charge on any atom is -0.455 e. The first-order valence-corrected chi connectivity index (χ1v) is 22.9. The van der Waals surface area contributed by atoms with E-state index in [1.807, 2.05) is 12.1 Å². The van der Waals surface area contributed by atoms with E-state index in [-0.39, 0.29) is 0 Å². The van der Waals surface area contributed by atoms with E-state index < -0.39 is 0 Å². The number of anilines is 3. The van der Waals surface area contributed by atoms with E-state index in [1.165, 1.54) is 54.8 Å². The standard InChI is InChI=1S/C64H42N2O/c1-2-18-52-44(14-1)15-12-23-53(52)45-34-38-49(39-35-45)65(50-40-36-47(37-41-50)55-24-13-25-59-58-22-6-10-29-63(58)67-64(55)59)51-17-11-16-48(42-51)43-30-32-46(33-31-43)54-19-3-7-26-60(54)66-61-27-8-4-20-56(61)57-21-5-9-28-62(57)66/h1-42H. The van der Waals surface area contributed by atoms with Crippen LogP contribution in [0.5, 0.6) is 0 Å². The fourth-order valence-electron chi connectivity index (χ4n) is 10.2. The van der Waals surface area contributed by atoms with Crippen molar-refractivity contribution in [1.29, 1.82) is 0 Å². The second kappa shape index (κ2) is 16.0. The van der Waals surface area contributed by atoms with E-state index in [0.29, 0.717) is 0 Å². The molecule has 0 unspecified atom stereocenters. The Hall–Kier alpha value is -8.92. The zero-order chi connectivity index (χ0) is 44.3. The first-order valence-electron chi connectivity index (χ1n) is 22.9. The highest BCUT2D eigenvalue weighted by Crippen LogP contribution is 2.42. The van der Waals surface area contributed by atoms with E-state index in [2.05, 4.69) is 252 Å². The molecule has 0 saturated heterocycles. The van der Waals surface area contributed by atoms with Gasteiger partial charge in [0.05, 0.1) is 16.7 Å². The van der Waals surface area contributed by atoms with Crippen molar-refractivity contribution in [1.82, 2.24) is 4.57 Å². The van der Waals surface area contributed by atoms with Crippen molar-refractivity contribution in [2.24, 2.45) is 0 Å². The highest BCUT2D eigenvalue weighted by molar-refractivity contribution is 6.11. The topological polar surface area (TPSA) is 21.3 Å². The van der Waals surface area contributed by atoms with Crippen molar-refractivity contribution in [3.63, 3.8) is 0 Å². The molecule has 0 aliphatic carbocycles. The molecule has 2 aromatic heterocycles. The Kier molecular flexibility index (Phi) is 9.17. The summed E-state index contributed by atoms with van der Waals surface area (Å²) in [6, 6.07) is 91.8. The molecule has 0 fully saturated rings. The van der Waals surface area contributed by atoms with Crippen molar-refractivity contribution in [2.75, 3.05) is 4.90 Å². The number of rotatable bonds is 8. The number of aromatic nitrogens is 1. The van der Waals surface area contributed by atoms with Crippen molar-refractivity contribution in [3.05, 3.63) is 255 Å². The highest BCUT2D eigenvalue weighted by Gasteiger charge is 2.18. The van der Waals surface area contributed by atoms with Gasteiger partial charge in [0.1, 0.15) is 11.2 Å². The number of hydrogen-bond acceptors (Lipinski definition) is 2. The lowest BCUT2D eigenvalue weighted by molar-refractivity contribution is 0.670. The number of fused-ring (bicyclic) bond motifs is 7. The first kappa shape index (κ1) is 38.5. The second-order valence-electron chi connectivity index (χ2n) is 17.3. The molecule has 0 amide bonds. The molecular formula is C64H42N2O. The van der Waals surface area contributed by atoms with Gasteiger partial charge in [-0.2, -0.15) is 0 Å². The maximum Gasteiger partial charge on any atom is 0.143 e. The first-order chi connectivity index (χ1) is 33.2. The van der Waals surface area contributed by atoms with Crippen LogP contribution < -0.4 is 4.90 Å². The van der Waals surface area contributed by atoms with Gasteiger partial charge >= 0.3 is 0 Å². The average molecular weight is 855 g/mol. The highest BCUT2D eigenvalue weighted by atomic mass is 16.3. The minimum atomic E-state index is 0.901. The SMILES string of the molecule is c1cc(-c2ccc(-c3ccccc3-n3c4ccccc4c4ccccc43)cc2)cc(N(c2ccc(-c3cccc4ccccc34)cc2)c2ccc(-c3cccc4c3oc3ccccc34)cc2)c1. The maximum absolute atomic E-state index is 6.46. The molecule has 0 saturated carbocycles. The van der Waals surface area contributed by atoms with Crippen LogP contribution in [0.3, 0.4) is 0 Å². The molecule has 0 aliphatic rings. The van der Waals surface area contributed by atoms with E-state index in [4.69, 9.17) is 4.42 Å². The lowest BCUT2D eigenvalue weighted by atomic mass is 9.97. The normalized spacial score (nSPS) is 11.6. The summed E-state index contributed by atoms with van der Waals surface area (Å²) in [5.74, 6) is 0. The molecule has 67 heavy (non-hydrogen) atoms. The van der Waals surface area contributed by atoms with E-state index in [0.717, 1.165) is 66.9 Å². The number of hydrogen-bond donors (Lipinski definition) is 0. The zero-order valence-electron chi connectivity index (χ0n) is 36.6. The number of benzene rings is 11. The summed E-state index contributed by atoms with van der Waals surface area (Å²) in [5.41, 5.74) is 17.8. The summed E-state index contributed by atoms with van der Waals surface area (Å²) in [6.45, 7) is 0. The van der Waals surface area contributed by atoms with Gasteiger partial charge < -0.3 is 13.9 Å². The molecule has 0 bridgehead atoms. The molecule has 0 radical (unpaired) electrons. The van der Waals surface area contributed by atoms with E-state index in [9.17, 15) is 0 Å². The van der Waals surface area contributed by atoms with E-state index in [1.54, 1.807) is 0 Å². The largest absolute Gasteiger partial charge is 0.455 e. The molecule has 0 aliphatic heterocycles. The van der Waals surface area contributed by atoms with Crippen LogP contribution in [-0.2, 0) is 0 Å². The number of nitrogens with zero attached hydrogens (tertiary/aromatic N) is 2. The van der Waals surface area contributed by atoms with Crippen molar-refractivity contribution in [2.45, 2.75) is 0 Å². The fraction of sp³-hybridized carbons (Fsp3) is 0. The Labute approximate surface area is 388 Å². The Morgan fingerprint density at radius 3 is 1.54 bits per heavy atom. The van der Waals surface area contributed by atoms with Crippen molar-refractivity contribution < 1.29 is 4.42 Å². The molecule has 13 aromatic rings. The third kappa shape index (κ3) is 6.59. The quantitative estimate of drug-likeness (QED) is 0.152. The Balaban J connectivity index is 0.883. The van der Waals surface area contributed by atoms with Crippen LogP contribution in [0.1, 0.15) is 0 Å². The summed E-state index contributed by atoms with van der Waals surface area (Å²) in [4.78, 5) is 2.36. The molecule has 3 nitrogen and oxygen atoms in total. The number of para-hydroxylation sites is 5. The molecule has 2 heterocycles. The Bertz CT molecular complexity index is 3910. The summed E-state index contributed by atoms with van der Waals surface area (Å²) < 4.78 is 8.87. The summed E-state index contributed by atoms with van der Waals surface area (Å²) in [5, 5.41) is 7.26. The van der Waals surface area contributed by atoms with E-state index >= 15 is 0 Å². The van der Waals surface area contributed by atoms with Gasteiger partial charge in [0.15, 0.2) is 0 Å². The zero-order valence-corrected chi connectivity index (χ0v) is 36.6. The van der Waals surface area contributed by atoms with Crippen LogP contribution in [0, 0.1) is 0 Å². The lowest BCUT2D eigenvalue weighted by Gasteiger charge is -2.26. The van der Waals surface area contributed by atoms with Gasteiger partial charge in [-0.1, -0.05) is 194 Å².